The SMILES string of the molecule is COc1cc(OC(C)C)cc(C(C)=O)c1. The predicted octanol–water partition coefficient (Wildman–Crippen LogP) is 2.69. The summed E-state index contributed by atoms with van der Waals surface area (Å²) in [6, 6.07) is 5.20. The molecule has 0 aliphatic rings. The summed E-state index contributed by atoms with van der Waals surface area (Å²) >= 11 is 0. The van der Waals surface area contributed by atoms with Crippen LogP contribution in [0.1, 0.15) is 31.1 Å². The van der Waals surface area contributed by atoms with E-state index in [1.54, 1.807) is 25.3 Å². The molecule has 0 radical (unpaired) electrons. The van der Waals surface area contributed by atoms with Gasteiger partial charge in [-0.3, -0.25) is 4.79 Å². The van der Waals surface area contributed by atoms with Crippen LogP contribution in [0.5, 0.6) is 11.5 Å². The molecule has 0 atom stereocenters. The molecular formula is C12H16O3. The van der Waals surface area contributed by atoms with Gasteiger partial charge in [-0.15, -0.1) is 0 Å². The van der Waals surface area contributed by atoms with Gasteiger partial charge in [-0.05, 0) is 32.9 Å². The Labute approximate surface area is 90.0 Å². The summed E-state index contributed by atoms with van der Waals surface area (Å²) in [4.78, 5) is 11.2. The fourth-order valence-corrected chi connectivity index (χ4v) is 1.23. The number of ketones is 1. The standard InChI is InChI=1S/C12H16O3/c1-8(2)15-12-6-10(9(3)13)5-11(7-12)14-4/h5-8H,1-4H3. The van der Waals surface area contributed by atoms with Gasteiger partial charge in [-0.2, -0.15) is 0 Å². The predicted molar refractivity (Wildman–Crippen MR) is 58.8 cm³/mol. The van der Waals surface area contributed by atoms with Crippen LogP contribution in [-0.2, 0) is 0 Å². The van der Waals surface area contributed by atoms with Crippen molar-refractivity contribution in [2.24, 2.45) is 0 Å². The molecule has 0 heterocycles. The third-order valence-electron chi connectivity index (χ3n) is 1.89. The van der Waals surface area contributed by atoms with E-state index in [2.05, 4.69) is 0 Å². The summed E-state index contributed by atoms with van der Waals surface area (Å²) in [5.74, 6) is 1.30. The summed E-state index contributed by atoms with van der Waals surface area (Å²) in [5.41, 5.74) is 0.602. The van der Waals surface area contributed by atoms with Gasteiger partial charge in [0.1, 0.15) is 11.5 Å². The van der Waals surface area contributed by atoms with E-state index >= 15 is 0 Å². The molecule has 1 rings (SSSR count). The molecule has 0 bridgehead atoms. The van der Waals surface area contributed by atoms with Crippen LogP contribution in [-0.4, -0.2) is 19.0 Å². The Morgan fingerprint density at radius 1 is 1.20 bits per heavy atom. The van der Waals surface area contributed by atoms with Gasteiger partial charge >= 0.3 is 0 Å². The molecule has 15 heavy (non-hydrogen) atoms. The van der Waals surface area contributed by atoms with E-state index in [1.807, 2.05) is 13.8 Å². The lowest BCUT2D eigenvalue weighted by Gasteiger charge is -2.12. The molecule has 0 spiro atoms. The van der Waals surface area contributed by atoms with E-state index in [-0.39, 0.29) is 11.9 Å². The number of Topliss-reactive ketones (excluding diaryl/α,β-unsaturated/α-hetero) is 1. The van der Waals surface area contributed by atoms with E-state index in [0.717, 1.165) is 0 Å². The zero-order valence-corrected chi connectivity index (χ0v) is 9.53. The molecule has 0 saturated heterocycles. The van der Waals surface area contributed by atoms with Crippen LogP contribution in [0.4, 0.5) is 0 Å². The largest absolute Gasteiger partial charge is 0.497 e. The van der Waals surface area contributed by atoms with Crippen LogP contribution in [0.3, 0.4) is 0 Å². The summed E-state index contributed by atoms with van der Waals surface area (Å²) in [7, 11) is 1.57. The number of methoxy groups -OCH3 is 1. The number of rotatable bonds is 4. The van der Waals surface area contributed by atoms with Gasteiger partial charge in [0.25, 0.3) is 0 Å². The van der Waals surface area contributed by atoms with Gasteiger partial charge in [0.15, 0.2) is 5.78 Å². The van der Waals surface area contributed by atoms with E-state index in [0.29, 0.717) is 17.1 Å². The first-order valence-corrected chi connectivity index (χ1v) is 4.89. The highest BCUT2D eigenvalue weighted by Gasteiger charge is 2.06. The molecule has 1 aromatic rings. The topological polar surface area (TPSA) is 35.5 Å². The van der Waals surface area contributed by atoms with E-state index in [4.69, 9.17) is 9.47 Å². The second kappa shape index (κ2) is 4.82. The van der Waals surface area contributed by atoms with Crippen molar-refractivity contribution in [2.75, 3.05) is 7.11 Å². The van der Waals surface area contributed by atoms with Crippen molar-refractivity contribution in [3.63, 3.8) is 0 Å². The molecule has 1 aromatic carbocycles. The summed E-state index contributed by atoms with van der Waals surface area (Å²) in [6.07, 6.45) is 0.0805. The molecule has 0 unspecified atom stereocenters. The summed E-state index contributed by atoms with van der Waals surface area (Å²) < 4.78 is 10.6. The normalized spacial score (nSPS) is 10.2. The molecule has 0 fully saturated rings. The molecular weight excluding hydrogens is 192 g/mol. The third-order valence-corrected chi connectivity index (χ3v) is 1.89. The second-order valence-corrected chi connectivity index (χ2v) is 3.62. The van der Waals surface area contributed by atoms with E-state index in [9.17, 15) is 4.79 Å². The summed E-state index contributed by atoms with van der Waals surface area (Å²) in [5, 5.41) is 0. The van der Waals surface area contributed by atoms with E-state index < -0.39 is 0 Å². The average molecular weight is 208 g/mol. The van der Waals surface area contributed by atoms with E-state index in [1.165, 1.54) is 6.92 Å². The van der Waals surface area contributed by atoms with Crippen molar-refractivity contribution in [1.82, 2.24) is 0 Å². The molecule has 0 N–H and O–H groups in total. The molecule has 0 saturated carbocycles. The zero-order valence-electron chi connectivity index (χ0n) is 9.53. The number of benzene rings is 1. The average Bonchev–Trinajstić information content (AvgIpc) is 2.16. The first kappa shape index (κ1) is 11.6. The Balaban J connectivity index is 3.05. The third kappa shape index (κ3) is 3.27. The van der Waals surface area contributed by atoms with Crippen molar-refractivity contribution in [2.45, 2.75) is 26.9 Å². The fraction of sp³-hybridized carbons (Fsp3) is 0.417. The van der Waals surface area contributed by atoms with Gasteiger partial charge in [0.05, 0.1) is 13.2 Å². The molecule has 3 heteroatoms. The maximum Gasteiger partial charge on any atom is 0.160 e. The number of hydrogen-bond donors (Lipinski definition) is 0. The van der Waals surface area contributed by atoms with Crippen LogP contribution in [0.15, 0.2) is 18.2 Å². The van der Waals surface area contributed by atoms with Gasteiger partial charge in [-0.1, -0.05) is 0 Å². The Morgan fingerprint density at radius 3 is 2.27 bits per heavy atom. The van der Waals surface area contributed by atoms with Gasteiger partial charge in [0, 0.05) is 11.6 Å². The van der Waals surface area contributed by atoms with Crippen molar-refractivity contribution in [3.8, 4) is 11.5 Å². The van der Waals surface area contributed by atoms with Crippen molar-refractivity contribution in [3.05, 3.63) is 23.8 Å². The minimum atomic E-state index is 0.00232. The monoisotopic (exact) mass is 208 g/mol. The highest BCUT2D eigenvalue weighted by Crippen LogP contribution is 2.23. The Hall–Kier alpha value is -1.51. The Morgan fingerprint density at radius 2 is 1.80 bits per heavy atom. The maximum atomic E-state index is 11.2. The molecule has 0 aromatic heterocycles. The lowest BCUT2D eigenvalue weighted by Crippen LogP contribution is -2.06. The number of carbonyl (C=O) groups is 1. The highest BCUT2D eigenvalue weighted by atomic mass is 16.5. The number of ether oxygens (including phenoxy) is 2. The van der Waals surface area contributed by atoms with Crippen LogP contribution < -0.4 is 9.47 Å². The Bertz CT molecular complexity index is 356. The summed E-state index contributed by atoms with van der Waals surface area (Å²) in [6.45, 7) is 5.40. The zero-order chi connectivity index (χ0) is 11.4. The van der Waals surface area contributed by atoms with Gasteiger partial charge in [0.2, 0.25) is 0 Å². The fourth-order valence-electron chi connectivity index (χ4n) is 1.23. The van der Waals surface area contributed by atoms with Crippen LogP contribution in [0, 0.1) is 0 Å². The first-order valence-electron chi connectivity index (χ1n) is 4.89. The van der Waals surface area contributed by atoms with Gasteiger partial charge < -0.3 is 9.47 Å². The van der Waals surface area contributed by atoms with Crippen LogP contribution in [0.25, 0.3) is 0 Å². The lowest BCUT2D eigenvalue weighted by atomic mass is 10.1. The molecule has 0 aliphatic carbocycles. The highest BCUT2D eigenvalue weighted by molar-refractivity contribution is 5.94. The minimum absolute atomic E-state index is 0.00232. The van der Waals surface area contributed by atoms with Gasteiger partial charge in [-0.25, -0.2) is 0 Å². The quantitative estimate of drug-likeness (QED) is 0.713. The lowest BCUT2D eigenvalue weighted by molar-refractivity contribution is 0.101. The number of carbonyl (C=O) groups excluding carboxylic acids is 1. The first-order chi connectivity index (χ1) is 7.02. The second-order valence-electron chi connectivity index (χ2n) is 3.62. The Kier molecular flexibility index (Phi) is 3.72. The number of hydrogen-bond acceptors (Lipinski definition) is 3. The van der Waals surface area contributed by atoms with Crippen molar-refractivity contribution < 1.29 is 14.3 Å². The maximum absolute atomic E-state index is 11.2. The van der Waals surface area contributed by atoms with Crippen LogP contribution >= 0.6 is 0 Å². The van der Waals surface area contributed by atoms with Crippen LogP contribution in [0.2, 0.25) is 0 Å². The van der Waals surface area contributed by atoms with Crippen molar-refractivity contribution >= 4 is 5.78 Å². The minimum Gasteiger partial charge on any atom is -0.497 e. The smallest absolute Gasteiger partial charge is 0.160 e. The van der Waals surface area contributed by atoms with Crippen molar-refractivity contribution in [1.29, 1.82) is 0 Å². The molecule has 3 nitrogen and oxygen atoms in total. The molecule has 82 valence electrons. The molecule has 0 aliphatic heterocycles. The molecule has 0 amide bonds.